The lowest BCUT2D eigenvalue weighted by Gasteiger charge is -2.12. The molecule has 1 atom stereocenters. The second-order valence-electron chi connectivity index (χ2n) is 5.58. The maximum atomic E-state index is 5.61. The SMILES string of the molecule is CCNC(=NCC1CCCO1)NCCc1nnc2ccccn12.I. The number of aromatic nitrogens is 3. The van der Waals surface area contributed by atoms with Crippen LogP contribution in [0.25, 0.3) is 5.65 Å². The number of guanidine groups is 1. The monoisotopic (exact) mass is 444 g/mol. The Labute approximate surface area is 159 Å². The average Bonchev–Trinajstić information content (AvgIpc) is 3.22. The van der Waals surface area contributed by atoms with Gasteiger partial charge in [-0.15, -0.1) is 34.2 Å². The van der Waals surface area contributed by atoms with Gasteiger partial charge >= 0.3 is 0 Å². The summed E-state index contributed by atoms with van der Waals surface area (Å²) in [5.74, 6) is 1.78. The molecule has 0 aromatic carbocycles. The third-order valence-electron chi connectivity index (χ3n) is 3.85. The Kier molecular flexibility index (Phi) is 7.70. The lowest BCUT2D eigenvalue weighted by atomic mass is 10.2. The van der Waals surface area contributed by atoms with E-state index in [1.165, 1.54) is 0 Å². The summed E-state index contributed by atoms with van der Waals surface area (Å²) in [5, 5.41) is 15.0. The van der Waals surface area contributed by atoms with E-state index in [0.29, 0.717) is 6.54 Å². The van der Waals surface area contributed by atoms with Gasteiger partial charge < -0.3 is 15.4 Å². The van der Waals surface area contributed by atoms with Gasteiger partial charge in [0, 0.05) is 32.3 Å². The number of aliphatic imine (C=N–C) groups is 1. The van der Waals surface area contributed by atoms with E-state index in [2.05, 4.69) is 32.7 Å². The van der Waals surface area contributed by atoms with Crippen LogP contribution >= 0.6 is 24.0 Å². The van der Waals surface area contributed by atoms with Crippen LogP contribution in [0.3, 0.4) is 0 Å². The molecule has 1 aliphatic heterocycles. The highest BCUT2D eigenvalue weighted by molar-refractivity contribution is 14.0. The zero-order valence-corrected chi connectivity index (χ0v) is 16.3. The lowest BCUT2D eigenvalue weighted by molar-refractivity contribution is 0.117. The van der Waals surface area contributed by atoms with E-state index in [0.717, 1.165) is 56.4 Å². The first kappa shape index (κ1) is 18.9. The molecule has 0 spiro atoms. The molecule has 1 saturated heterocycles. The van der Waals surface area contributed by atoms with Crippen LogP contribution in [0.4, 0.5) is 0 Å². The third-order valence-corrected chi connectivity index (χ3v) is 3.85. The molecule has 1 aliphatic rings. The highest BCUT2D eigenvalue weighted by Crippen LogP contribution is 2.11. The average molecular weight is 444 g/mol. The lowest BCUT2D eigenvalue weighted by Crippen LogP contribution is -2.39. The molecule has 1 fully saturated rings. The van der Waals surface area contributed by atoms with Gasteiger partial charge in [0.25, 0.3) is 0 Å². The summed E-state index contributed by atoms with van der Waals surface area (Å²) in [4.78, 5) is 4.60. The van der Waals surface area contributed by atoms with E-state index in [9.17, 15) is 0 Å². The predicted molar refractivity (Wildman–Crippen MR) is 105 cm³/mol. The zero-order valence-electron chi connectivity index (χ0n) is 13.9. The van der Waals surface area contributed by atoms with Gasteiger partial charge in [0.15, 0.2) is 11.6 Å². The van der Waals surface area contributed by atoms with Crippen LogP contribution in [0.5, 0.6) is 0 Å². The van der Waals surface area contributed by atoms with Crippen molar-refractivity contribution in [3.8, 4) is 0 Å². The van der Waals surface area contributed by atoms with Crippen LogP contribution in [0.1, 0.15) is 25.6 Å². The first-order valence-corrected chi connectivity index (χ1v) is 8.29. The molecule has 132 valence electrons. The topological polar surface area (TPSA) is 75.8 Å². The number of hydrogen-bond donors (Lipinski definition) is 2. The molecular formula is C16H25IN6O. The molecule has 8 heteroatoms. The Morgan fingerprint density at radius 3 is 3.08 bits per heavy atom. The molecule has 0 bridgehead atoms. The van der Waals surface area contributed by atoms with E-state index < -0.39 is 0 Å². The molecule has 2 aromatic rings. The highest BCUT2D eigenvalue weighted by atomic mass is 127. The van der Waals surface area contributed by atoms with Crippen LogP contribution in [-0.2, 0) is 11.2 Å². The van der Waals surface area contributed by atoms with Gasteiger partial charge in [-0.1, -0.05) is 6.07 Å². The van der Waals surface area contributed by atoms with E-state index in [-0.39, 0.29) is 30.1 Å². The van der Waals surface area contributed by atoms with E-state index >= 15 is 0 Å². The first-order chi connectivity index (χ1) is 11.4. The maximum absolute atomic E-state index is 5.61. The minimum absolute atomic E-state index is 0. The third kappa shape index (κ3) is 5.04. The summed E-state index contributed by atoms with van der Waals surface area (Å²) in [5.41, 5.74) is 0.876. The molecule has 0 aliphatic carbocycles. The largest absolute Gasteiger partial charge is 0.376 e. The molecule has 0 amide bonds. The summed E-state index contributed by atoms with van der Waals surface area (Å²) in [7, 11) is 0. The summed E-state index contributed by atoms with van der Waals surface area (Å²) in [6.07, 6.45) is 5.29. The Hall–Kier alpha value is -1.42. The number of ether oxygens (including phenoxy) is 1. The van der Waals surface area contributed by atoms with Crippen molar-refractivity contribution in [3.05, 3.63) is 30.2 Å². The fraction of sp³-hybridized carbons (Fsp3) is 0.562. The van der Waals surface area contributed by atoms with Crippen molar-refractivity contribution in [1.29, 1.82) is 0 Å². The molecule has 0 radical (unpaired) electrons. The van der Waals surface area contributed by atoms with E-state index in [1.807, 2.05) is 28.8 Å². The van der Waals surface area contributed by atoms with Crippen molar-refractivity contribution in [2.24, 2.45) is 4.99 Å². The summed E-state index contributed by atoms with van der Waals surface area (Å²) in [6, 6.07) is 5.91. The molecule has 1 unspecified atom stereocenters. The molecule has 0 saturated carbocycles. The fourth-order valence-corrected chi connectivity index (χ4v) is 2.68. The van der Waals surface area contributed by atoms with Crippen molar-refractivity contribution >= 4 is 35.6 Å². The number of halogens is 1. The van der Waals surface area contributed by atoms with Crippen molar-refractivity contribution in [3.63, 3.8) is 0 Å². The van der Waals surface area contributed by atoms with Gasteiger partial charge in [-0.25, -0.2) is 0 Å². The zero-order chi connectivity index (χ0) is 15.9. The number of pyridine rings is 1. The van der Waals surface area contributed by atoms with Crippen LogP contribution in [-0.4, -0.2) is 52.9 Å². The predicted octanol–water partition coefficient (Wildman–Crippen LogP) is 1.62. The van der Waals surface area contributed by atoms with Crippen molar-refractivity contribution < 1.29 is 4.74 Å². The van der Waals surface area contributed by atoms with E-state index in [1.54, 1.807) is 0 Å². The van der Waals surface area contributed by atoms with Crippen LogP contribution in [0, 0.1) is 0 Å². The van der Waals surface area contributed by atoms with Crippen LogP contribution < -0.4 is 10.6 Å². The van der Waals surface area contributed by atoms with Gasteiger partial charge in [-0.05, 0) is 31.9 Å². The number of hydrogen-bond acceptors (Lipinski definition) is 4. The minimum atomic E-state index is 0. The number of rotatable bonds is 6. The first-order valence-electron chi connectivity index (χ1n) is 8.29. The van der Waals surface area contributed by atoms with Gasteiger partial charge in [-0.3, -0.25) is 9.39 Å². The Balaban J connectivity index is 0.00000208. The normalized spacial score (nSPS) is 17.7. The maximum Gasteiger partial charge on any atom is 0.191 e. The second-order valence-corrected chi connectivity index (χ2v) is 5.58. The quantitative estimate of drug-likeness (QED) is 0.403. The van der Waals surface area contributed by atoms with E-state index in [4.69, 9.17) is 4.74 Å². The fourth-order valence-electron chi connectivity index (χ4n) is 2.68. The van der Waals surface area contributed by atoms with Gasteiger partial charge in [0.05, 0.1) is 12.6 Å². The van der Waals surface area contributed by atoms with Crippen molar-refractivity contribution in [1.82, 2.24) is 25.2 Å². The Morgan fingerprint density at radius 2 is 2.29 bits per heavy atom. The van der Waals surface area contributed by atoms with Crippen LogP contribution in [0.2, 0.25) is 0 Å². The molecular weight excluding hydrogens is 419 g/mol. The standard InChI is InChI=1S/C16H24N6O.HI/c1-2-17-16(19-12-13-6-5-11-23-13)18-9-8-15-21-20-14-7-3-4-10-22(14)15;/h3-4,7,10,13H,2,5-6,8-9,11-12H2,1H3,(H2,17,18,19);1H. The summed E-state index contributed by atoms with van der Waals surface area (Å²) in [6.45, 7) is 5.24. The molecule has 24 heavy (non-hydrogen) atoms. The van der Waals surface area contributed by atoms with Crippen molar-refractivity contribution in [2.75, 3.05) is 26.2 Å². The minimum Gasteiger partial charge on any atom is -0.376 e. The number of fused-ring (bicyclic) bond motifs is 1. The molecule has 7 nitrogen and oxygen atoms in total. The summed E-state index contributed by atoms with van der Waals surface area (Å²) >= 11 is 0. The second kappa shape index (κ2) is 9.77. The summed E-state index contributed by atoms with van der Waals surface area (Å²) < 4.78 is 7.62. The Morgan fingerprint density at radius 1 is 1.38 bits per heavy atom. The highest BCUT2D eigenvalue weighted by Gasteiger charge is 2.14. The molecule has 3 rings (SSSR count). The van der Waals surface area contributed by atoms with Crippen molar-refractivity contribution in [2.45, 2.75) is 32.3 Å². The smallest absolute Gasteiger partial charge is 0.191 e. The number of nitrogens with one attached hydrogen (secondary N) is 2. The Bertz CT molecular complexity index is 653. The van der Waals surface area contributed by atoms with Gasteiger partial charge in [0.2, 0.25) is 0 Å². The number of nitrogens with zero attached hydrogens (tertiary/aromatic N) is 4. The van der Waals surface area contributed by atoms with Crippen LogP contribution in [0.15, 0.2) is 29.4 Å². The van der Waals surface area contributed by atoms with Gasteiger partial charge in [-0.2, -0.15) is 0 Å². The molecule has 2 N–H and O–H groups in total. The molecule has 3 heterocycles. The van der Waals surface area contributed by atoms with Gasteiger partial charge in [0.1, 0.15) is 5.82 Å². The molecule has 2 aromatic heterocycles.